The van der Waals surface area contributed by atoms with Gasteiger partial charge in [-0.2, -0.15) is 0 Å². The molecule has 0 aliphatic carbocycles. The molecule has 0 N–H and O–H groups in total. The molecule has 2 saturated heterocycles. The van der Waals surface area contributed by atoms with Crippen molar-refractivity contribution in [2.75, 3.05) is 20.1 Å². The Kier molecular flexibility index (Phi) is 4.73. The van der Waals surface area contributed by atoms with Crippen molar-refractivity contribution in [3.05, 3.63) is 71.8 Å². The molecule has 4 nitrogen and oxygen atoms in total. The van der Waals surface area contributed by atoms with E-state index in [1.165, 1.54) is 0 Å². The Morgan fingerprint density at radius 1 is 1.00 bits per heavy atom. The van der Waals surface area contributed by atoms with Crippen LogP contribution in [0.2, 0.25) is 0 Å². The molecule has 0 radical (unpaired) electrons. The lowest BCUT2D eigenvalue weighted by Crippen LogP contribution is -2.53. The summed E-state index contributed by atoms with van der Waals surface area (Å²) in [5, 5.41) is 0. The molecule has 1 spiro atoms. The Hall–Kier alpha value is -2.62. The van der Waals surface area contributed by atoms with Crippen LogP contribution in [0.15, 0.2) is 60.7 Å². The molecule has 4 rings (SSSR count). The average Bonchev–Trinajstić information content (AvgIpc) is 2.95. The van der Waals surface area contributed by atoms with Crippen molar-refractivity contribution in [1.82, 2.24) is 9.80 Å². The number of hydrogen-bond donors (Lipinski definition) is 0. The molecule has 2 aliphatic rings. The molecule has 0 aromatic heterocycles. The molecule has 2 aromatic rings. The number of likely N-dealkylation sites (tertiary alicyclic amines) is 2. The summed E-state index contributed by atoms with van der Waals surface area (Å²) >= 11 is 0. The molecular weight excluding hydrogens is 336 g/mol. The van der Waals surface area contributed by atoms with Crippen LogP contribution < -0.4 is 0 Å². The summed E-state index contributed by atoms with van der Waals surface area (Å²) in [4.78, 5) is 29.5. The summed E-state index contributed by atoms with van der Waals surface area (Å²) in [6.45, 7) is 1.45. The number of piperidine rings is 1. The van der Waals surface area contributed by atoms with Gasteiger partial charge in [-0.1, -0.05) is 60.7 Å². The summed E-state index contributed by atoms with van der Waals surface area (Å²) in [7, 11) is 1.94. The number of likely N-dealkylation sites (N-methyl/N-ethyl adjacent to an activating group) is 1. The van der Waals surface area contributed by atoms with Gasteiger partial charge in [0.2, 0.25) is 11.8 Å². The molecule has 27 heavy (non-hydrogen) atoms. The van der Waals surface area contributed by atoms with Crippen LogP contribution in [-0.4, -0.2) is 47.3 Å². The Bertz CT molecular complexity index is 811. The van der Waals surface area contributed by atoms with E-state index >= 15 is 0 Å². The molecule has 4 heteroatoms. The zero-order chi connectivity index (χ0) is 18.9. The van der Waals surface area contributed by atoms with Crippen LogP contribution in [-0.2, 0) is 16.0 Å². The first kappa shape index (κ1) is 17.8. The molecule has 2 amide bonds. The van der Waals surface area contributed by atoms with Crippen molar-refractivity contribution in [2.24, 2.45) is 0 Å². The molecule has 140 valence electrons. The number of carbonyl (C=O) groups is 2. The van der Waals surface area contributed by atoms with Gasteiger partial charge in [-0.3, -0.25) is 9.59 Å². The maximum Gasteiger partial charge on any atom is 0.230 e. The lowest BCUT2D eigenvalue weighted by molar-refractivity contribution is -0.135. The van der Waals surface area contributed by atoms with Gasteiger partial charge in [0.15, 0.2) is 0 Å². The van der Waals surface area contributed by atoms with Crippen LogP contribution in [0.3, 0.4) is 0 Å². The fourth-order valence-electron chi connectivity index (χ4n) is 4.61. The summed E-state index contributed by atoms with van der Waals surface area (Å²) in [6, 6.07) is 20.0. The van der Waals surface area contributed by atoms with Crippen LogP contribution in [0, 0.1) is 0 Å². The lowest BCUT2D eigenvalue weighted by Gasteiger charge is -2.43. The van der Waals surface area contributed by atoms with Crippen LogP contribution in [0.1, 0.15) is 36.3 Å². The number of rotatable bonds is 3. The second-order valence-electron chi connectivity index (χ2n) is 7.83. The van der Waals surface area contributed by atoms with Crippen molar-refractivity contribution >= 4 is 11.8 Å². The van der Waals surface area contributed by atoms with Crippen molar-refractivity contribution in [3.63, 3.8) is 0 Å². The van der Waals surface area contributed by atoms with E-state index in [1.54, 1.807) is 0 Å². The number of carbonyl (C=O) groups excluding carboxylic acids is 2. The third-order valence-electron chi connectivity index (χ3n) is 6.37. The largest absolute Gasteiger partial charge is 0.342 e. The highest BCUT2D eigenvalue weighted by molar-refractivity contribution is 5.87. The van der Waals surface area contributed by atoms with Gasteiger partial charge < -0.3 is 9.80 Å². The second-order valence-corrected chi connectivity index (χ2v) is 7.83. The second kappa shape index (κ2) is 7.18. The molecule has 2 aliphatic heterocycles. The summed E-state index contributed by atoms with van der Waals surface area (Å²) in [5.41, 5.74) is 2.05. The normalized spacial score (nSPS) is 21.7. The smallest absolute Gasteiger partial charge is 0.230 e. The number of benzene rings is 2. The number of hydrogen-bond acceptors (Lipinski definition) is 2. The highest BCUT2D eigenvalue weighted by atomic mass is 16.2. The molecule has 1 unspecified atom stereocenters. The van der Waals surface area contributed by atoms with Gasteiger partial charge in [-0.05, 0) is 30.4 Å². The van der Waals surface area contributed by atoms with Gasteiger partial charge in [0.05, 0.1) is 12.3 Å². The van der Waals surface area contributed by atoms with Crippen molar-refractivity contribution in [1.29, 1.82) is 0 Å². The molecule has 2 heterocycles. The minimum Gasteiger partial charge on any atom is -0.342 e. The van der Waals surface area contributed by atoms with E-state index < -0.39 is 0 Å². The fourth-order valence-corrected chi connectivity index (χ4v) is 4.61. The van der Waals surface area contributed by atoms with E-state index in [0.29, 0.717) is 6.42 Å². The first-order valence-corrected chi connectivity index (χ1v) is 9.73. The Balaban J connectivity index is 1.42. The summed E-state index contributed by atoms with van der Waals surface area (Å²) in [5.74, 6) is 0.343. The average molecular weight is 362 g/mol. The van der Waals surface area contributed by atoms with Gasteiger partial charge in [-0.25, -0.2) is 0 Å². The topological polar surface area (TPSA) is 40.6 Å². The molecule has 2 aromatic carbocycles. The Morgan fingerprint density at radius 3 is 2.22 bits per heavy atom. The van der Waals surface area contributed by atoms with Crippen LogP contribution in [0.4, 0.5) is 0 Å². The maximum absolute atomic E-state index is 12.9. The van der Waals surface area contributed by atoms with E-state index in [9.17, 15) is 9.59 Å². The third kappa shape index (κ3) is 3.36. The van der Waals surface area contributed by atoms with E-state index in [4.69, 9.17) is 0 Å². The number of nitrogens with zero attached hydrogens (tertiary/aromatic N) is 2. The predicted octanol–water partition coefficient (Wildman–Crippen LogP) is 3.24. The quantitative estimate of drug-likeness (QED) is 0.841. The zero-order valence-corrected chi connectivity index (χ0v) is 15.8. The molecule has 2 fully saturated rings. The summed E-state index contributed by atoms with van der Waals surface area (Å²) < 4.78 is 0. The number of amides is 2. The van der Waals surface area contributed by atoms with Gasteiger partial charge in [0, 0.05) is 25.7 Å². The van der Waals surface area contributed by atoms with Crippen molar-refractivity contribution < 1.29 is 9.59 Å². The zero-order valence-electron chi connectivity index (χ0n) is 15.8. The van der Waals surface area contributed by atoms with Crippen molar-refractivity contribution in [3.8, 4) is 0 Å². The van der Waals surface area contributed by atoms with E-state index in [0.717, 1.165) is 43.5 Å². The van der Waals surface area contributed by atoms with Gasteiger partial charge in [0.1, 0.15) is 0 Å². The summed E-state index contributed by atoms with van der Waals surface area (Å²) in [6.07, 6.45) is 3.03. The van der Waals surface area contributed by atoms with Crippen LogP contribution >= 0.6 is 0 Å². The van der Waals surface area contributed by atoms with E-state index in [1.807, 2.05) is 77.5 Å². The first-order valence-electron chi connectivity index (χ1n) is 9.73. The van der Waals surface area contributed by atoms with Crippen LogP contribution in [0.25, 0.3) is 0 Å². The maximum atomic E-state index is 12.9. The fraction of sp³-hybridized carbons (Fsp3) is 0.391. The monoisotopic (exact) mass is 362 g/mol. The molecule has 0 saturated carbocycles. The highest BCUT2D eigenvalue weighted by Crippen LogP contribution is 2.44. The third-order valence-corrected chi connectivity index (χ3v) is 6.37. The van der Waals surface area contributed by atoms with Gasteiger partial charge in [-0.15, -0.1) is 0 Å². The lowest BCUT2D eigenvalue weighted by atomic mass is 9.81. The SMILES string of the molecule is CN1C(=O)C(c2ccccc2)CC12CCN(C(=O)Cc1ccccc1)CC2. The van der Waals surface area contributed by atoms with Crippen LogP contribution in [0.5, 0.6) is 0 Å². The van der Waals surface area contributed by atoms with Gasteiger partial charge in [0.25, 0.3) is 0 Å². The predicted molar refractivity (Wildman–Crippen MR) is 105 cm³/mol. The van der Waals surface area contributed by atoms with E-state index in [2.05, 4.69) is 0 Å². The molecule has 1 atom stereocenters. The highest BCUT2D eigenvalue weighted by Gasteiger charge is 2.50. The van der Waals surface area contributed by atoms with Crippen molar-refractivity contribution in [2.45, 2.75) is 37.1 Å². The minimum absolute atomic E-state index is 0.0530. The minimum atomic E-state index is -0.110. The Morgan fingerprint density at radius 2 is 1.59 bits per heavy atom. The van der Waals surface area contributed by atoms with Gasteiger partial charge >= 0.3 is 0 Å². The molecule has 0 bridgehead atoms. The Labute approximate surface area is 160 Å². The van der Waals surface area contributed by atoms with E-state index in [-0.39, 0.29) is 23.3 Å². The standard InChI is InChI=1S/C23H26N2O2/c1-24-22(27)20(19-10-6-3-7-11-19)17-23(24)12-14-25(15-13-23)21(26)16-18-8-4-2-5-9-18/h2-11,20H,12-17H2,1H3. The molecular formula is C23H26N2O2. The first-order chi connectivity index (χ1) is 13.1.